The number of rotatable bonds is 7. The maximum absolute atomic E-state index is 11.9. The molecule has 1 aromatic carbocycles. The molecule has 0 heterocycles. The molecule has 1 fully saturated rings. The van der Waals surface area contributed by atoms with Crippen molar-refractivity contribution in [3.05, 3.63) is 35.9 Å². The lowest BCUT2D eigenvalue weighted by Gasteiger charge is -2.35. The molecule has 1 aliphatic carbocycles. The van der Waals surface area contributed by atoms with Crippen LogP contribution in [0.5, 0.6) is 0 Å². The van der Waals surface area contributed by atoms with Gasteiger partial charge in [0.05, 0.1) is 6.54 Å². The van der Waals surface area contributed by atoms with Crippen molar-refractivity contribution in [3.63, 3.8) is 0 Å². The number of benzene rings is 1. The standard InChI is InChI=1S/C18H26N2O4/c1-2-20(12-17(21)22)16-10-8-15(9-11-16)19-18(23)24-13-14-6-4-3-5-7-14/h3-7,15-16H,2,8-13H2,1H3,(H,19,23)(H,21,22). The lowest BCUT2D eigenvalue weighted by molar-refractivity contribution is -0.139. The zero-order chi connectivity index (χ0) is 17.4. The Kier molecular flexibility index (Phi) is 7.06. The maximum Gasteiger partial charge on any atom is 0.407 e. The second-order valence-electron chi connectivity index (χ2n) is 6.17. The molecule has 0 unspecified atom stereocenters. The monoisotopic (exact) mass is 334 g/mol. The largest absolute Gasteiger partial charge is 0.480 e. The summed E-state index contributed by atoms with van der Waals surface area (Å²) in [5.41, 5.74) is 0.962. The fraction of sp³-hybridized carbons (Fsp3) is 0.556. The Hall–Kier alpha value is -2.08. The SMILES string of the molecule is CCN(CC(=O)O)C1CCC(NC(=O)OCc2ccccc2)CC1. The molecule has 2 N–H and O–H groups in total. The predicted octanol–water partition coefficient (Wildman–Crippen LogP) is 2.63. The Bertz CT molecular complexity index is 527. The van der Waals surface area contributed by atoms with E-state index in [1.165, 1.54) is 0 Å². The summed E-state index contributed by atoms with van der Waals surface area (Å²) in [7, 11) is 0. The van der Waals surface area contributed by atoms with Gasteiger partial charge in [0.2, 0.25) is 0 Å². The predicted molar refractivity (Wildman–Crippen MR) is 90.7 cm³/mol. The minimum Gasteiger partial charge on any atom is -0.480 e. The van der Waals surface area contributed by atoms with Gasteiger partial charge in [0, 0.05) is 12.1 Å². The quantitative estimate of drug-likeness (QED) is 0.801. The van der Waals surface area contributed by atoms with Gasteiger partial charge in [-0.25, -0.2) is 4.79 Å². The second-order valence-corrected chi connectivity index (χ2v) is 6.17. The number of carbonyl (C=O) groups excluding carboxylic acids is 1. The molecule has 1 amide bonds. The van der Waals surface area contributed by atoms with Crippen LogP contribution in [-0.2, 0) is 16.1 Å². The molecule has 1 aromatic rings. The van der Waals surface area contributed by atoms with E-state index in [-0.39, 0.29) is 31.3 Å². The van der Waals surface area contributed by atoms with E-state index in [1.807, 2.05) is 42.2 Å². The van der Waals surface area contributed by atoms with Gasteiger partial charge in [-0.15, -0.1) is 0 Å². The molecule has 24 heavy (non-hydrogen) atoms. The van der Waals surface area contributed by atoms with Gasteiger partial charge in [-0.1, -0.05) is 37.3 Å². The summed E-state index contributed by atoms with van der Waals surface area (Å²) in [6.07, 6.45) is 3.10. The number of carbonyl (C=O) groups is 2. The summed E-state index contributed by atoms with van der Waals surface area (Å²) >= 11 is 0. The number of hydrogen-bond acceptors (Lipinski definition) is 4. The number of alkyl carbamates (subject to hydrolysis) is 1. The Morgan fingerprint density at radius 1 is 1.21 bits per heavy atom. The Morgan fingerprint density at radius 2 is 1.88 bits per heavy atom. The van der Waals surface area contributed by atoms with Crippen molar-refractivity contribution in [1.82, 2.24) is 10.2 Å². The number of amides is 1. The maximum atomic E-state index is 11.9. The van der Waals surface area contributed by atoms with Gasteiger partial charge in [0.15, 0.2) is 0 Å². The highest BCUT2D eigenvalue weighted by Crippen LogP contribution is 2.23. The number of ether oxygens (including phenoxy) is 1. The molecular formula is C18H26N2O4. The van der Waals surface area contributed by atoms with Gasteiger partial charge < -0.3 is 15.2 Å². The number of carboxylic acid groups (broad SMARTS) is 1. The van der Waals surface area contributed by atoms with E-state index in [0.717, 1.165) is 37.8 Å². The topological polar surface area (TPSA) is 78.9 Å². The normalized spacial score (nSPS) is 20.6. The lowest BCUT2D eigenvalue weighted by atomic mass is 9.90. The smallest absolute Gasteiger partial charge is 0.407 e. The van der Waals surface area contributed by atoms with E-state index in [4.69, 9.17) is 9.84 Å². The number of likely N-dealkylation sites (N-methyl/N-ethyl adjacent to an activating group) is 1. The average molecular weight is 334 g/mol. The lowest BCUT2D eigenvalue weighted by Crippen LogP contribution is -2.45. The van der Waals surface area contributed by atoms with Crippen LogP contribution in [-0.4, -0.2) is 47.2 Å². The summed E-state index contributed by atoms with van der Waals surface area (Å²) in [5, 5.41) is 11.9. The third kappa shape index (κ3) is 5.85. The number of hydrogen-bond donors (Lipinski definition) is 2. The van der Waals surface area contributed by atoms with E-state index in [1.54, 1.807) is 0 Å². The first-order valence-electron chi connectivity index (χ1n) is 8.51. The van der Waals surface area contributed by atoms with Crippen molar-refractivity contribution in [2.45, 2.75) is 51.3 Å². The zero-order valence-electron chi connectivity index (χ0n) is 14.1. The minimum absolute atomic E-state index is 0.0817. The van der Waals surface area contributed by atoms with Crippen molar-refractivity contribution in [3.8, 4) is 0 Å². The third-order valence-electron chi connectivity index (χ3n) is 4.49. The van der Waals surface area contributed by atoms with Crippen molar-refractivity contribution in [2.24, 2.45) is 0 Å². The third-order valence-corrected chi connectivity index (χ3v) is 4.49. The molecule has 6 heteroatoms. The van der Waals surface area contributed by atoms with Crippen molar-refractivity contribution in [2.75, 3.05) is 13.1 Å². The summed E-state index contributed by atoms with van der Waals surface area (Å²) < 4.78 is 5.24. The van der Waals surface area contributed by atoms with Gasteiger partial charge in [-0.05, 0) is 37.8 Å². The molecule has 0 atom stereocenters. The van der Waals surface area contributed by atoms with Crippen LogP contribution >= 0.6 is 0 Å². The van der Waals surface area contributed by atoms with Crippen LogP contribution in [0.2, 0.25) is 0 Å². The molecule has 0 aromatic heterocycles. The molecule has 0 spiro atoms. The highest BCUT2D eigenvalue weighted by Gasteiger charge is 2.27. The number of aliphatic carboxylic acids is 1. The molecule has 0 aliphatic heterocycles. The van der Waals surface area contributed by atoms with Crippen LogP contribution in [0, 0.1) is 0 Å². The van der Waals surface area contributed by atoms with Crippen molar-refractivity contribution >= 4 is 12.1 Å². The Balaban J connectivity index is 1.70. The Labute approximate surface area is 142 Å². The minimum atomic E-state index is -0.790. The van der Waals surface area contributed by atoms with Crippen molar-refractivity contribution < 1.29 is 19.4 Å². The zero-order valence-corrected chi connectivity index (χ0v) is 14.1. The van der Waals surface area contributed by atoms with E-state index in [2.05, 4.69) is 5.32 Å². The van der Waals surface area contributed by atoms with Crippen LogP contribution < -0.4 is 5.32 Å². The number of nitrogens with zero attached hydrogens (tertiary/aromatic N) is 1. The van der Waals surface area contributed by atoms with Gasteiger partial charge in [-0.3, -0.25) is 9.69 Å². The van der Waals surface area contributed by atoms with Gasteiger partial charge >= 0.3 is 12.1 Å². The highest BCUT2D eigenvalue weighted by molar-refractivity contribution is 5.69. The molecule has 1 saturated carbocycles. The van der Waals surface area contributed by atoms with Gasteiger partial charge in [-0.2, -0.15) is 0 Å². The molecule has 0 bridgehead atoms. The number of carboxylic acids is 1. The molecule has 0 radical (unpaired) electrons. The summed E-state index contributed by atoms with van der Waals surface area (Å²) in [6, 6.07) is 9.97. The molecule has 6 nitrogen and oxygen atoms in total. The molecule has 0 saturated heterocycles. The fourth-order valence-corrected chi connectivity index (χ4v) is 3.19. The molecular weight excluding hydrogens is 308 g/mol. The molecule has 132 valence electrons. The van der Waals surface area contributed by atoms with Gasteiger partial charge in [0.1, 0.15) is 6.61 Å². The second kappa shape index (κ2) is 9.27. The highest BCUT2D eigenvalue weighted by atomic mass is 16.5. The first-order valence-corrected chi connectivity index (χ1v) is 8.51. The van der Waals surface area contributed by atoms with E-state index < -0.39 is 5.97 Å². The van der Waals surface area contributed by atoms with Crippen LogP contribution in [0.15, 0.2) is 30.3 Å². The summed E-state index contributed by atoms with van der Waals surface area (Å²) in [6.45, 7) is 3.06. The fourth-order valence-electron chi connectivity index (χ4n) is 3.19. The van der Waals surface area contributed by atoms with Gasteiger partial charge in [0.25, 0.3) is 0 Å². The average Bonchev–Trinajstić information content (AvgIpc) is 2.59. The first kappa shape index (κ1) is 18.3. The van der Waals surface area contributed by atoms with Crippen molar-refractivity contribution in [1.29, 1.82) is 0 Å². The first-order chi connectivity index (χ1) is 11.6. The van der Waals surface area contributed by atoms with Crippen LogP contribution in [0.4, 0.5) is 4.79 Å². The Morgan fingerprint density at radius 3 is 2.46 bits per heavy atom. The summed E-state index contributed by atoms with van der Waals surface area (Å²) in [5.74, 6) is -0.790. The van der Waals surface area contributed by atoms with Crippen LogP contribution in [0.1, 0.15) is 38.2 Å². The molecule has 2 rings (SSSR count). The van der Waals surface area contributed by atoms with E-state index >= 15 is 0 Å². The summed E-state index contributed by atoms with van der Waals surface area (Å²) in [4.78, 5) is 24.8. The number of nitrogens with one attached hydrogen (secondary N) is 1. The van der Waals surface area contributed by atoms with Crippen LogP contribution in [0.25, 0.3) is 0 Å². The van der Waals surface area contributed by atoms with Crippen LogP contribution in [0.3, 0.4) is 0 Å². The van der Waals surface area contributed by atoms with E-state index in [0.29, 0.717) is 0 Å². The molecule has 1 aliphatic rings. The van der Waals surface area contributed by atoms with E-state index in [9.17, 15) is 9.59 Å².